The van der Waals surface area contributed by atoms with Gasteiger partial charge in [0.2, 0.25) is 5.91 Å². The van der Waals surface area contributed by atoms with E-state index in [0.717, 1.165) is 51.3 Å². The molecule has 2 aromatic rings. The molecule has 0 unspecified atom stereocenters. The van der Waals surface area contributed by atoms with Gasteiger partial charge in [0.1, 0.15) is 11.6 Å². The number of carbonyl (C=O) groups excluding carboxylic acids is 2. The summed E-state index contributed by atoms with van der Waals surface area (Å²) in [6.45, 7) is 4.27. The summed E-state index contributed by atoms with van der Waals surface area (Å²) in [7, 11) is 0. The number of hydrogen-bond acceptors (Lipinski definition) is 4. The molecule has 2 saturated heterocycles. The number of piperidine rings is 1. The van der Waals surface area contributed by atoms with Gasteiger partial charge in [-0.05, 0) is 55.0 Å². The van der Waals surface area contributed by atoms with Crippen LogP contribution in [0.2, 0.25) is 5.02 Å². The van der Waals surface area contributed by atoms with Crippen molar-refractivity contribution in [3.63, 3.8) is 0 Å². The fourth-order valence-electron chi connectivity index (χ4n) is 5.13. The van der Waals surface area contributed by atoms with E-state index in [9.17, 15) is 14.0 Å². The predicted octanol–water partition coefficient (Wildman–Crippen LogP) is 3.47. The predicted molar refractivity (Wildman–Crippen MR) is 120 cm³/mol. The SMILES string of the molecule is O=C(c1ccc(F)c(Cl)c1)N1CCC2(CC1)C[C@@H]2C(=O)N1CCN(c2ccccn2)CC1. The fraction of sp³-hybridized carbons (Fsp3) is 0.458. The van der Waals surface area contributed by atoms with Crippen LogP contribution in [0.4, 0.5) is 10.2 Å². The highest BCUT2D eigenvalue weighted by Crippen LogP contribution is 2.60. The Labute approximate surface area is 192 Å². The van der Waals surface area contributed by atoms with Crippen LogP contribution in [0.1, 0.15) is 29.6 Å². The summed E-state index contributed by atoms with van der Waals surface area (Å²) in [5.41, 5.74) is 0.438. The van der Waals surface area contributed by atoms with Gasteiger partial charge in [-0.2, -0.15) is 0 Å². The number of likely N-dealkylation sites (tertiary alicyclic amines) is 1. The summed E-state index contributed by atoms with van der Waals surface area (Å²) in [4.78, 5) is 36.3. The van der Waals surface area contributed by atoms with Crippen LogP contribution in [0.15, 0.2) is 42.6 Å². The first-order chi connectivity index (χ1) is 15.5. The molecule has 1 aromatic heterocycles. The summed E-state index contributed by atoms with van der Waals surface area (Å²) < 4.78 is 13.4. The molecule has 2 amide bonds. The number of pyridine rings is 1. The van der Waals surface area contributed by atoms with Crippen LogP contribution in [0.3, 0.4) is 0 Å². The summed E-state index contributed by atoms with van der Waals surface area (Å²) in [6, 6.07) is 9.98. The zero-order valence-electron chi connectivity index (χ0n) is 17.8. The Morgan fingerprint density at radius 3 is 2.41 bits per heavy atom. The number of piperazine rings is 1. The molecular formula is C24H26ClFN4O2. The molecule has 1 saturated carbocycles. The third-order valence-corrected chi connectivity index (χ3v) is 7.56. The van der Waals surface area contributed by atoms with Gasteiger partial charge >= 0.3 is 0 Å². The minimum Gasteiger partial charge on any atom is -0.353 e. The Hall–Kier alpha value is -2.67. The second kappa shape index (κ2) is 8.35. The van der Waals surface area contributed by atoms with Crippen molar-refractivity contribution in [3.8, 4) is 0 Å². The van der Waals surface area contributed by atoms with Crippen LogP contribution < -0.4 is 4.90 Å². The van der Waals surface area contributed by atoms with E-state index in [2.05, 4.69) is 9.88 Å². The van der Waals surface area contributed by atoms with E-state index < -0.39 is 5.82 Å². The second-order valence-electron chi connectivity index (χ2n) is 9.04. The molecule has 32 heavy (non-hydrogen) atoms. The molecule has 1 aliphatic carbocycles. The van der Waals surface area contributed by atoms with Gasteiger partial charge in [0.15, 0.2) is 0 Å². The van der Waals surface area contributed by atoms with E-state index >= 15 is 0 Å². The van der Waals surface area contributed by atoms with E-state index in [1.165, 1.54) is 18.2 Å². The molecule has 5 rings (SSSR count). The minimum absolute atomic E-state index is 0.0342. The Morgan fingerprint density at radius 2 is 1.75 bits per heavy atom. The number of aromatic nitrogens is 1. The quantitative estimate of drug-likeness (QED) is 0.709. The number of hydrogen-bond donors (Lipinski definition) is 0. The molecule has 2 aliphatic heterocycles. The Balaban J connectivity index is 1.14. The topological polar surface area (TPSA) is 56.8 Å². The van der Waals surface area contributed by atoms with Crippen LogP contribution in [0.5, 0.6) is 0 Å². The number of carbonyl (C=O) groups is 2. The third kappa shape index (κ3) is 3.94. The van der Waals surface area contributed by atoms with Crippen molar-refractivity contribution < 1.29 is 14.0 Å². The molecule has 3 aliphatic rings. The molecule has 6 nitrogen and oxygen atoms in total. The maximum atomic E-state index is 13.4. The average molecular weight is 457 g/mol. The fourth-order valence-corrected chi connectivity index (χ4v) is 5.31. The number of nitrogens with zero attached hydrogens (tertiary/aromatic N) is 4. The van der Waals surface area contributed by atoms with Crippen molar-refractivity contribution in [1.82, 2.24) is 14.8 Å². The van der Waals surface area contributed by atoms with E-state index in [4.69, 9.17) is 11.6 Å². The number of anilines is 1. The highest BCUT2D eigenvalue weighted by molar-refractivity contribution is 6.31. The van der Waals surface area contributed by atoms with Gasteiger partial charge in [-0.25, -0.2) is 9.37 Å². The number of benzene rings is 1. The van der Waals surface area contributed by atoms with Crippen LogP contribution >= 0.6 is 11.6 Å². The lowest BCUT2D eigenvalue weighted by molar-refractivity contribution is -0.134. The highest BCUT2D eigenvalue weighted by Gasteiger charge is 2.59. The van der Waals surface area contributed by atoms with Crippen molar-refractivity contribution >= 4 is 29.2 Å². The smallest absolute Gasteiger partial charge is 0.253 e. The molecule has 1 aromatic carbocycles. The molecule has 0 radical (unpaired) electrons. The van der Waals surface area contributed by atoms with E-state index in [1.54, 1.807) is 11.1 Å². The summed E-state index contributed by atoms with van der Waals surface area (Å²) >= 11 is 5.83. The lowest BCUT2D eigenvalue weighted by atomic mass is 9.90. The van der Waals surface area contributed by atoms with Gasteiger partial charge in [-0.1, -0.05) is 17.7 Å². The molecule has 0 bridgehead atoms. The van der Waals surface area contributed by atoms with Crippen molar-refractivity contribution in [2.45, 2.75) is 19.3 Å². The molecule has 8 heteroatoms. The first-order valence-electron chi connectivity index (χ1n) is 11.2. The minimum atomic E-state index is -0.527. The number of amides is 2. The van der Waals surface area contributed by atoms with Crippen molar-refractivity contribution in [3.05, 3.63) is 59.0 Å². The van der Waals surface area contributed by atoms with Crippen LogP contribution in [0, 0.1) is 17.2 Å². The first kappa shape index (κ1) is 21.2. The Kier molecular flexibility index (Phi) is 5.53. The molecule has 1 atom stereocenters. The van der Waals surface area contributed by atoms with Crippen molar-refractivity contribution in [2.24, 2.45) is 11.3 Å². The van der Waals surface area contributed by atoms with Gasteiger partial charge in [0, 0.05) is 56.9 Å². The van der Waals surface area contributed by atoms with Crippen LogP contribution in [-0.2, 0) is 4.79 Å². The average Bonchev–Trinajstić information content (AvgIpc) is 3.54. The lowest BCUT2D eigenvalue weighted by Crippen LogP contribution is -2.50. The summed E-state index contributed by atoms with van der Waals surface area (Å²) in [5.74, 6) is 0.635. The highest BCUT2D eigenvalue weighted by atomic mass is 35.5. The lowest BCUT2D eigenvalue weighted by Gasteiger charge is -2.37. The molecule has 1 spiro atoms. The molecular weight excluding hydrogens is 431 g/mol. The maximum absolute atomic E-state index is 13.4. The van der Waals surface area contributed by atoms with Crippen LogP contribution in [0.25, 0.3) is 0 Å². The van der Waals surface area contributed by atoms with E-state index in [1.807, 2.05) is 23.1 Å². The largest absolute Gasteiger partial charge is 0.353 e. The molecule has 168 valence electrons. The molecule has 3 heterocycles. The van der Waals surface area contributed by atoms with Crippen molar-refractivity contribution in [1.29, 1.82) is 0 Å². The standard InChI is InChI=1S/C24H26ClFN4O2/c25-19-15-17(4-5-20(19)26)22(31)29-9-6-24(7-10-29)16-18(24)23(32)30-13-11-28(12-14-30)21-3-1-2-8-27-21/h1-5,8,15,18H,6-7,9-14,16H2/t18-/m1/s1. The van der Waals surface area contributed by atoms with Crippen LogP contribution in [-0.4, -0.2) is 65.9 Å². The van der Waals surface area contributed by atoms with Gasteiger partial charge in [-0.15, -0.1) is 0 Å². The zero-order chi connectivity index (χ0) is 22.3. The van der Waals surface area contributed by atoms with Gasteiger partial charge in [0.25, 0.3) is 5.91 Å². The first-order valence-corrected chi connectivity index (χ1v) is 11.5. The Morgan fingerprint density at radius 1 is 1.00 bits per heavy atom. The molecule has 0 N–H and O–H groups in total. The van der Waals surface area contributed by atoms with E-state index in [-0.39, 0.29) is 28.2 Å². The van der Waals surface area contributed by atoms with Gasteiger partial charge in [0.05, 0.1) is 5.02 Å². The van der Waals surface area contributed by atoms with Gasteiger partial charge < -0.3 is 14.7 Å². The normalized spacial score (nSPS) is 22.2. The number of halogens is 2. The van der Waals surface area contributed by atoms with Crippen molar-refractivity contribution in [2.75, 3.05) is 44.2 Å². The van der Waals surface area contributed by atoms with Gasteiger partial charge in [-0.3, -0.25) is 9.59 Å². The monoisotopic (exact) mass is 456 g/mol. The second-order valence-corrected chi connectivity index (χ2v) is 9.45. The summed E-state index contributed by atoms with van der Waals surface area (Å²) in [6.07, 6.45) is 4.37. The summed E-state index contributed by atoms with van der Waals surface area (Å²) in [5, 5.41) is -0.0414. The third-order valence-electron chi connectivity index (χ3n) is 7.27. The van der Waals surface area contributed by atoms with E-state index in [0.29, 0.717) is 18.7 Å². The zero-order valence-corrected chi connectivity index (χ0v) is 18.6. The Bertz CT molecular complexity index is 1020. The molecule has 3 fully saturated rings. The maximum Gasteiger partial charge on any atom is 0.253 e. The number of rotatable bonds is 3.